The second-order valence-corrected chi connectivity index (χ2v) is 9.62. The third-order valence-corrected chi connectivity index (χ3v) is 6.51. The van der Waals surface area contributed by atoms with E-state index in [1.807, 2.05) is 6.92 Å². The van der Waals surface area contributed by atoms with Crippen LogP contribution >= 0.6 is 0 Å². The summed E-state index contributed by atoms with van der Waals surface area (Å²) in [7, 11) is -3.60. The predicted octanol–water partition coefficient (Wildman–Crippen LogP) is 2.09. The van der Waals surface area contributed by atoms with E-state index in [1.165, 1.54) is 0 Å². The molecule has 3 aromatic rings. The number of oxazole rings is 1. The van der Waals surface area contributed by atoms with E-state index in [0.29, 0.717) is 29.5 Å². The Balaban J connectivity index is 1.66. The molecule has 1 aromatic heterocycles. The van der Waals surface area contributed by atoms with Crippen LogP contribution in [0.4, 0.5) is 0 Å². The van der Waals surface area contributed by atoms with Crippen LogP contribution in [0.2, 0.25) is 0 Å². The van der Waals surface area contributed by atoms with Crippen molar-refractivity contribution < 1.29 is 22.7 Å². The molecule has 0 radical (unpaired) electrons. The topological polar surface area (TPSA) is 136 Å². The molecule has 166 valence electrons. The first kappa shape index (κ1) is 22.9. The summed E-state index contributed by atoms with van der Waals surface area (Å²) in [6.45, 7) is 1.90. The molecular formula is C22H27N3O5S. The Kier molecular flexibility index (Phi) is 7.42. The van der Waals surface area contributed by atoms with Crippen molar-refractivity contribution in [1.29, 1.82) is 0 Å². The molecule has 1 amide bonds. The van der Waals surface area contributed by atoms with Gasteiger partial charge in [0.2, 0.25) is 11.8 Å². The molecule has 31 heavy (non-hydrogen) atoms. The quantitative estimate of drug-likeness (QED) is 0.435. The Bertz CT molecular complexity index is 1080. The average molecular weight is 446 g/mol. The second-order valence-electron chi connectivity index (χ2n) is 7.52. The van der Waals surface area contributed by atoms with Gasteiger partial charge in [0.15, 0.2) is 21.5 Å². The first-order valence-corrected chi connectivity index (χ1v) is 11.9. The van der Waals surface area contributed by atoms with E-state index in [0.717, 1.165) is 0 Å². The van der Waals surface area contributed by atoms with Gasteiger partial charge in [0.05, 0.1) is 23.6 Å². The molecule has 8 nitrogen and oxygen atoms in total. The van der Waals surface area contributed by atoms with Crippen molar-refractivity contribution in [3.05, 3.63) is 66.1 Å². The highest BCUT2D eigenvalue weighted by Gasteiger charge is 2.30. The van der Waals surface area contributed by atoms with E-state index in [2.05, 4.69) is 10.3 Å². The lowest BCUT2D eigenvalue weighted by atomic mass is 10.1. The fraction of sp³-hybridized carbons (Fsp3) is 0.364. The normalized spacial score (nSPS) is 14.8. The number of para-hydroxylation sites is 2. The van der Waals surface area contributed by atoms with Gasteiger partial charge in [-0.25, -0.2) is 13.4 Å². The number of aliphatic hydroxyl groups excluding tert-OH is 1. The molecular weight excluding hydrogens is 418 g/mol. The number of carbonyl (C=O) groups excluding carboxylic acids is 1. The average Bonchev–Trinajstić information content (AvgIpc) is 3.17. The lowest BCUT2D eigenvalue weighted by Gasteiger charge is -2.23. The third kappa shape index (κ3) is 6.13. The largest absolute Gasteiger partial charge is 0.438 e. The minimum absolute atomic E-state index is 0.0882. The fourth-order valence-corrected chi connectivity index (χ4v) is 4.85. The summed E-state index contributed by atoms with van der Waals surface area (Å²) in [5.41, 5.74) is 7.65. The van der Waals surface area contributed by atoms with Crippen LogP contribution in [0.5, 0.6) is 0 Å². The first-order valence-electron chi connectivity index (χ1n) is 10.1. The van der Waals surface area contributed by atoms with Crippen LogP contribution in [0, 0.1) is 0 Å². The van der Waals surface area contributed by atoms with Crippen LogP contribution < -0.4 is 11.1 Å². The lowest BCUT2D eigenvalue weighted by molar-refractivity contribution is -0.123. The smallest absolute Gasteiger partial charge is 0.238 e. The summed E-state index contributed by atoms with van der Waals surface area (Å²) in [6, 6.07) is 13.8. The molecule has 0 aliphatic heterocycles. The van der Waals surface area contributed by atoms with E-state index in [-0.39, 0.29) is 11.6 Å². The number of sulfone groups is 1. The van der Waals surface area contributed by atoms with Crippen LogP contribution in [-0.4, -0.2) is 42.3 Å². The molecule has 0 aliphatic carbocycles. The van der Waals surface area contributed by atoms with Crippen molar-refractivity contribution in [2.45, 2.75) is 43.7 Å². The Hall–Kier alpha value is -2.75. The van der Waals surface area contributed by atoms with Gasteiger partial charge >= 0.3 is 0 Å². The number of hydrogen-bond donors (Lipinski definition) is 3. The van der Waals surface area contributed by atoms with Gasteiger partial charge in [-0.15, -0.1) is 0 Å². The molecule has 0 bridgehead atoms. The number of nitrogens with two attached hydrogens (primary N) is 1. The lowest BCUT2D eigenvalue weighted by Crippen LogP contribution is -2.50. The number of nitrogens with one attached hydrogen (secondary N) is 1. The molecule has 4 N–H and O–H groups in total. The van der Waals surface area contributed by atoms with Crippen LogP contribution in [0.25, 0.3) is 11.1 Å². The number of aromatic nitrogens is 1. The van der Waals surface area contributed by atoms with Gasteiger partial charge in [0, 0.05) is 0 Å². The maximum Gasteiger partial charge on any atom is 0.238 e. The molecule has 9 heteroatoms. The van der Waals surface area contributed by atoms with Gasteiger partial charge < -0.3 is 20.6 Å². The summed E-state index contributed by atoms with van der Waals surface area (Å²) in [6.07, 6.45) is -0.0803. The number of carbonyl (C=O) groups is 1. The van der Waals surface area contributed by atoms with Crippen molar-refractivity contribution in [3.8, 4) is 0 Å². The maximum atomic E-state index is 12.6. The monoisotopic (exact) mass is 445 g/mol. The van der Waals surface area contributed by atoms with E-state index < -0.39 is 39.7 Å². The van der Waals surface area contributed by atoms with Crippen molar-refractivity contribution >= 4 is 26.8 Å². The second kappa shape index (κ2) is 10.0. The molecule has 0 spiro atoms. The maximum absolute atomic E-state index is 12.6. The SMILES string of the molecule is CCC[C@H](NC(=O)C(N)CS(=O)(=O)Cc1ccccc1)C(O)c1nc2ccccc2o1. The van der Waals surface area contributed by atoms with Crippen LogP contribution in [0.1, 0.15) is 37.3 Å². The molecule has 0 saturated heterocycles. The minimum Gasteiger partial charge on any atom is -0.438 e. The number of hydrogen-bond acceptors (Lipinski definition) is 7. The van der Waals surface area contributed by atoms with Crippen molar-refractivity contribution in [3.63, 3.8) is 0 Å². The predicted molar refractivity (Wildman–Crippen MR) is 118 cm³/mol. The summed E-state index contributed by atoms with van der Waals surface area (Å²) in [5, 5.41) is 13.4. The zero-order chi connectivity index (χ0) is 22.4. The molecule has 0 aliphatic rings. The minimum atomic E-state index is -3.60. The van der Waals surface area contributed by atoms with E-state index in [4.69, 9.17) is 10.2 Å². The Morgan fingerprint density at radius 2 is 1.84 bits per heavy atom. The first-order chi connectivity index (χ1) is 14.8. The van der Waals surface area contributed by atoms with Crippen LogP contribution in [0.15, 0.2) is 59.0 Å². The van der Waals surface area contributed by atoms with Gasteiger partial charge in [0.25, 0.3) is 0 Å². The van der Waals surface area contributed by atoms with Gasteiger partial charge in [-0.1, -0.05) is 55.8 Å². The van der Waals surface area contributed by atoms with E-state index in [9.17, 15) is 18.3 Å². The van der Waals surface area contributed by atoms with E-state index >= 15 is 0 Å². The summed E-state index contributed by atoms with van der Waals surface area (Å²) in [5.74, 6) is -1.25. The Morgan fingerprint density at radius 1 is 1.16 bits per heavy atom. The summed E-state index contributed by atoms with van der Waals surface area (Å²) in [4.78, 5) is 16.9. The van der Waals surface area contributed by atoms with Gasteiger partial charge in [0.1, 0.15) is 5.52 Å². The van der Waals surface area contributed by atoms with Crippen LogP contribution in [-0.2, 0) is 20.4 Å². The molecule has 0 saturated carbocycles. The molecule has 3 atom stereocenters. The van der Waals surface area contributed by atoms with Crippen molar-refractivity contribution in [2.75, 3.05) is 5.75 Å². The number of aliphatic hydroxyl groups is 1. The zero-order valence-corrected chi connectivity index (χ0v) is 18.1. The van der Waals surface area contributed by atoms with E-state index in [1.54, 1.807) is 54.6 Å². The number of rotatable bonds is 10. The fourth-order valence-electron chi connectivity index (χ4n) is 3.33. The van der Waals surface area contributed by atoms with Gasteiger partial charge in [-0.3, -0.25) is 4.79 Å². The van der Waals surface area contributed by atoms with Crippen molar-refractivity contribution in [2.24, 2.45) is 5.73 Å². The molecule has 1 heterocycles. The number of nitrogens with zero attached hydrogens (tertiary/aromatic N) is 1. The van der Waals surface area contributed by atoms with Gasteiger partial charge in [-0.05, 0) is 24.1 Å². The van der Waals surface area contributed by atoms with Gasteiger partial charge in [-0.2, -0.15) is 0 Å². The Labute approximate surface area is 181 Å². The number of amides is 1. The summed E-state index contributed by atoms with van der Waals surface area (Å²) < 4.78 is 30.5. The Morgan fingerprint density at radius 3 is 2.52 bits per heavy atom. The van der Waals surface area contributed by atoms with Crippen LogP contribution in [0.3, 0.4) is 0 Å². The molecule has 2 unspecified atom stereocenters. The van der Waals surface area contributed by atoms with Crippen molar-refractivity contribution in [1.82, 2.24) is 10.3 Å². The zero-order valence-electron chi connectivity index (χ0n) is 17.3. The standard InChI is InChI=1S/C22H27N3O5S/c1-2-8-18(20(26)22-25-17-11-6-7-12-19(17)30-22)24-21(27)16(23)14-31(28,29)13-15-9-4-3-5-10-15/h3-7,9-12,16,18,20,26H,2,8,13-14,23H2,1H3,(H,24,27)/t16?,18-,20?/m0/s1. The number of fused-ring (bicyclic) bond motifs is 1. The molecule has 3 rings (SSSR count). The summed E-state index contributed by atoms with van der Waals surface area (Å²) >= 11 is 0. The number of benzene rings is 2. The highest BCUT2D eigenvalue weighted by molar-refractivity contribution is 7.90. The molecule has 2 aromatic carbocycles. The molecule has 0 fully saturated rings. The highest BCUT2D eigenvalue weighted by Crippen LogP contribution is 2.24. The highest BCUT2D eigenvalue weighted by atomic mass is 32.2. The third-order valence-electron chi connectivity index (χ3n) is 4.87.